The highest BCUT2D eigenvalue weighted by molar-refractivity contribution is 6.08. The van der Waals surface area contributed by atoms with E-state index in [9.17, 15) is 9.59 Å². The van der Waals surface area contributed by atoms with Gasteiger partial charge in [0.2, 0.25) is 5.78 Å². The second-order valence-electron chi connectivity index (χ2n) is 4.30. The van der Waals surface area contributed by atoms with Crippen LogP contribution in [0.25, 0.3) is 11.1 Å². The lowest BCUT2D eigenvalue weighted by Crippen LogP contribution is -2.35. The minimum Gasteiger partial charge on any atom is -0.451 e. The molecule has 0 N–H and O–H groups in total. The number of ether oxygens (including phenoxy) is 1. The van der Waals surface area contributed by atoms with E-state index in [-0.39, 0.29) is 29.7 Å². The molecule has 0 saturated carbocycles. The van der Waals surface area contributed by atoms with Gasteiger partial charge in [-0.3, -0.25) is 14.6 Å². The fraction of sp³-hybridized carbons (Fsp3) is 0.308. The van der Waals surface area contributed by atoms with Crippen LogP contribution in [0.5, 0.6) is 0 Å². The van der Waals surface area contributed by atoms with E-state index in [1.807, 2.05) is 0 Å². The largest absolute Gasteiger partial charge is 0.451 e. The highest BCUT2D eigenvalue weighted by atomic mass is 16.5. The number of fused-ring (bicyclic) bond motifs is 1. The molecule has 1 aliphatic heterocycles. The van der Waals surface area contributed by atoms with E-state index in [2.05, 4.69) is 4.98 Å². The summed E-state index contributed by atoms with van der Waals surface area (Å²) in [5, 5.41) is 0. The van der Waals surface area contributed by atoms with E-state index in [0.717, 1.165) is 0 Å². The van der Waals surface area contributed by atoms with Crippen molar-refractivity contribution < 1.29 is 18.7 Å². The van der Waals surface area contributed by atoms with Crippen molar-refractivity contribution in [2.24, 2.45) is 5.92 Å². The molecule has 2 aromatic heterocycles. The summed E-state index contributed by atoms with van der Waals surface area (Å²) in [7, 11) is 0. The van der Waals surface area contributed by atoms with Gasteiger partial charge in [0.25, 0.3) is 0 Å². The molecule has 1 saturated heterocycles. The van der Waals surface area contributed by atoms with Gasteiger partial charge in [0, 0.05) is 12.3 Å². The molecule has 0 atom stereocenters. The zero-order chi connectivity index (χ0) is 12.5. The van der Waals surface area contributed by atoms with Gasteiger partial charge in [-0.25, -0.2) is 0 Å². The molecular formula is C13H11NO4. The third-order valence-corrected chi connectivity index (χ3v) is 2.99. The first-order valence-corrected chi connectivity index (χ1v) is 5.72. The molecule has 1 fully saturated rings. The Bertz CT molecular complexity index is 579. The van der Waals surface area contributed by atoms with Crippen LogP contribution in [0.2, 0.25) is 0 Å². The highest BCUT2D eigenvalue weighted by Gasteiger charge is 2.28. The van der Waals surface area contributed by atoms with Crippen molar-refractivity contribution in [2.75, 3.05) is 13.2 Å². The molecule has 0 amide bonds. The van der Waals surface area contributed by atoms with Gasteiger partial charge in [-0.1, -0.05) is 0 Å². The van der Waals surface area contributed by atoms with Crippen LogP contribution in [-0.2, 0) is 9.53 Å². The first kappa shape index (κ1) is 11.1. The molecule has 3 heterocycles. The first-order valence-electron chi connectivity index (χ1n) is 5.72. The summed E-state index contributed by atoms with van der Waals surface area (Å²) in [6.07, 6.45) is 1.50. The average Bonchev–Trinajstić information content (AvgIpc) is 2.69. The van der Waals surface area contributed by atoms with Gasteiger partial charge in [0.05, 0.1) is 25.6 Å². The number of hydrogen-bond acceptors (Lipinski definition) is 5. The molecule has 5 nitrogen and oxygen atoms in total. The van der Waals surface area contributed by atoms with Crippen molar-refractivity contribution in [1.82, 2.24) is 4.98 Å². The summed E-state index contributed by atoms with van der Waals surface area (Å²) in [6.45, 7) is 0.849. The molecular weight excluding hydrogens is 234 g/mol. The summed E-state index contributed by atoms with van der Waals surface area (Å²) in [5.41, 5.74) is 1.18. The summed E-state index contributed by atoms with van der Waals surface area (Å²) in [6, 6.07) is 5.04. The van der Waals surface area contributed by atoms with Crippen LogP contribution in [0.15, 0.2) is 28.8 Å². The van der Waals surface area contributed by atoms with Crippen molar-refractivity contribution in [2.45, 2.75) is 6.42 Å². The zero-order valence-corrected chi connectivity index (χ0v) is 9.59. The van der Waals surface area contributed by atoms with Crippen LogP contribution in [0.3, 0.4) is 0 Å². The van der Waals surface area contributed by atoms with E-state index in [4.69, 9.17) is 9.15 Å². The van der Waals surface area contributed by atoms with E-state index in [1.165, 1.54) is 0 Å². The van der Waals surface area contributed by atoms with Crippen LogP contribution in [0, 0.1) is 5.92 Å². The Labute approximate surface area is 103 Å². The second-order valence-corrected chi connectivity index (χ2v) is 4.30. The third-order valence-electron chi connectivity index (χ3n) is 2.99. The van der Waals surface area contributed by atoms with Crippen molar-refractivity contribution in [3.05, 3.63) is 30.2 Å². The number of nitrogens with zero attached hydrogens (tertiary/aromatic N) is 1. The van der Waals surface area contributed by atoms with Gasteiger partial charge in [-0.05, 0) is 12.1 Å². The molecule has 0 unspecified atom stereocenters. The molecule has 0 aromatic carbocycles. The number of Topliss-reactive ketones (excluding diaryl/α,β-unsaturated/α-hetero) is 2. The summed E-state index contributed by atoms with van der Waals surface area (Å²) < 4.78 is 10.3. The molecule has 92 valence electrons. The maximum atomic E-state index is 11.9. The third kappa shape index (κ3) is 1.93. The molecule has 1 aliphatic rings. The Balaban J connectivity index is 1.77. The number of furan rings is 1. The number of rotatable bonds is 4. The maximum Gasteiger partial charge on any atom is 0.205 e. The molecule has 0 spiro atoms. The number of ketones is 2. The number of aromatic nitrogens is 1. The summed E-state index contributed by atoms with van der Waals surface area (Å²) in [5.74, 6) is -0.321. The van der Waals surface area contributed by atoms with E-state index >= 15 is 0 Å². The van der Waals surface area contributed by atoms with Crippen LogP contribution >= 0.6 is 0 Å². The Morgan fingerprint density at radius 3 is 2.89 bits per heavy atom. The standard InChI is InChI=1S/C13H11NO4/c15-10(8-6-17-7-8)5-11(16)13-4-9-12(18-13)2-1-3-14-9/h1-4,8H,5-7H2. The van der Waals surface area contributed by atoms with Crippen LogP contribution in [0.1, 0.15) is 17.0 Å². The van der Waals surface area contributed by atoms with Gasteiger partial charge in [-0.15, -0.1) is 0 Å². The Kier molecular flexibility index (Phi) is 2.68. The van der Waals surface area contributed by atoms with E-state index in [1.54, 1.807) is 24.4 Å². The predicted octanol–water partition coefficient (Wildman–Crippen LogP) is 1.62. The monoisotopic (exact) mass is 245 g/mol. The Morgan fingerprint density at radius 2 is 2.22 bits per heavy atom. The van der Waals surface area contributed by atoms with Crippen molar-refractivity contribution in [3.63, 3.8) is 0 Å². The fourth-order valence-corrected chi connectivity index (χ4v) is 1.82. The van der Waals surface area contributed by atoms with Crippen LogP contribution < -0.4 is 0 Å². The summed E-state index contributed by atoms with van der Waals surface area (Å²) >= 11 is 0. The van der Waals surface area contributed by atoms with Gasteiger partial charge < -0.3 is 9.15 Å². The lowest BCUT2D eigenvalue weighted by Gasteiger charge is -2.23. The SMILES string of the molecule is O=C(CC(=O)C1COC1)c1cc2ncccc2o1. The van der Waals surface area contributed by atoms with Gasteiger partial charge in [0.1, 0.15) is 11.3 Å². The molecule has 3 rings (SSSR count). The minimum absolute atomic E-state index is 0.0836. The average molecular weight is 245 g/mol. The number of carbonyl (C=O) groups is 2. The zero-order valence-electron chi connectivity index (χ0n) is 9.59. The minimum atomic E-state index is -0.301. The quantitative estimate of drug-likeness (QED) is 0.604. The second kappa shape index (κ2) is 4.34. The molecule has 0 bridgehead atoms. The highest BCUT2D eigenvalue weighted by Crippen LogP contribution is 2.20. The van der Waals surface area contributed by atoms with E-state index < -0.39 is 0 Å². The van der Waals surface area contributed by atoms with Gasteiger partial charge in [0.15, 0.2) is 11.3 Å². The maximum absolute atomic E-state index is 11.9. The first-order chi connectivity index (χ1) is 8.74. The number of carbonyl (C=O) groups excluding carboxylic acids is 2. The lowest BCUT2D eigenvalue weighted by molar-refractivity contribution is -0.135. The molecule has 5 heteroatoms. The summed E-state index contributed by atoms with van der Waals surface area (Å²) in [4.78, 5) is 27.6. The number of hydrogen-bond donors (Lipinski definition) is 0. The van der Waals surface area contributed by atoms with Crippen LogP contribution in [0.4, 0.5) is 0 Å². The van der Waals surface area contributed by atoms with Crippen LogP contribution in [-0.4, -0.2) is 29.8 Å². The van der Waals surface area contributed by atoms with Gasteiger partial charge >= 0.3 is 0 Å². The molecule has 2 aromatic rings. The van der Waals surface area contributed by atoms with Crippen molar-refractivity contribution in [3.8, 4) is 0 Å². The van der Waals surface area contributed by atoms with E-state index in [0.29, 0.717) is 24.3 Å². The number of pyridine rings is 1. The Morgan fingerprint density at radius 1 is 1.39 bits per heavy atom. The van der Waals surface area contributed by atoms with Crippen molar-refractivity contribution in [1.29, 1.82) is 0 Å². The smallest absolute Gasteiger partial charge is 0.205 e. The normalized spacial score (nSPS) is 15.6. The Hall–Kier alpha value is -2.01. The molecule has 0 aliphatic carbocycles. The molecule has 18 heavy (non-hydrogen) atoms. The molecule has 0 radical (unpaired) electrons. The lowest BCUT2D eigenvalue weighted by atomic mass is 9.98. The predicted molar refractivity (Wildman–Crippen MR) is 62.3 cm³/mol. The van der Waals surface area contributed by atoms with Gasteiger partial charge in [-0.2, -0.15) is 0 Å². The topological polar surface area (TPSA) is 69.4 Å². The fourth-order valence-electron chi connectivity index (χ4n) is 1.82. The van der Waals surface area contributed by atoms with Crippen molar-refractivity contribution >= 4 is 22.7 Å².